The maximum atomic E-state index is 11.8. The van der Waals surface area contributed by atoms with Gasteiger partial charge in [0.1, 0.15) is 21.5 Å². The molecule has 2 fully saturated rings. The Morgan fingerprint density at radius 3 is 2.62 bits per heavy atom. The van der Waals surface area contributed by atoms with Crippen LogP contribution in [0.3, 0.4) is 0 Å². The largest absolute Gasteiger partial charge is 0.377 e. The van der Waals surface area contributed by atoms with E-state index >= 15 is 0 Å². The number of nitrogens with zero attached hydrogens (tertiary/aromatic N) is 6. The zero-order chi connectivity index (χ0) is 28.2. The molecular weight excluding hydrogens is 550 g/mol. The first-order valence-corrected chi connectivity index (χ1v) is 15.8. The van der Waals surface area contributed by atoms with E-state index in [2.05, 4.69) is 64.3 Å². The highest BCUT2D eigenvalue weighted by atomic mass is 35.5. The molecule has 0 bridgehead atoms. The van der Waals surface area contributed by atoms with E-state index in [-0.39, 0.29) is 23.8 Å². The van der Waals surface area contributed by atoms with Crippen molar-refractivity contribution < 1.29 is 13.2 Å². The van der Waals surface area contributed by atoms with Crippen LogP contribution < -0.4 is 10.2 Å². The molecule has 6 rings (SSSR count). The number of hydrogen-bond acceptors (Lipinski definition) is 9. The second-order valence-corrected chi connectivity index (χ2v) is 13.6. The number of halogens is 1. The number of rotatable bonds is 8. The monoisotopic (exact) mass is 581 g/mol. The van der Waals surface area contributed by atoms with Gasteiger partial charge in [0.25, 0.3) is 0 Å². The van der Waals surface area contributed by atoms with Crippen molar-refractivity contribution in [2.45, 2.75) is 38.8 Å². The number of ether oxygens (including phenoxy) is 1. The van der Waals surface area contributed by atoms with Gasteiger partial charge in [-0.15, -0.1) is 0 Å². The second kappa shape index (κ2) is 10.3. The van der Waals surface area contributed by atoms with E-state index in [4.69, 9.17) is 21.3 Å². The molecule has 40 heavy (non-hydrogen) atoms. The summed E-state index contributed by atoms with van der Waals surface area (Å²) in [6.45, 7) is 8.38. The van der Waals surface area contributed by atoms with E-state index in [9.17, 15) is 8.42 Å². The van der Waals surface area contributed by atoms with Crippen LogP contribution in [-0.2, 0) is 14.6 Å². The zero-order valence-corrected chi connectivity index (χ0v) is 24.4. The number of nitrogens with one attached hydrogen (secondary N) is 1. The number of aromatic nitrogens is 5. The minimum atomic E-state index is -3.02. The van der Waals surface area contributed by atoms with Crippen molar-refractivity contribution in [2.24, 2.45) is 5.92 Å². The first-order valence-electron chi connectivity index (χ1n) is 13.4. The van der Waals surface area contributed by atoms with Gasteiger partial charge in [-0.1, -0.05) is 31.5 Å². The molecule has 1 aromatic carbocycles. The number of hydrogen-bond donors (Lipinski definition) is 1. The number of pyridine rings is 1. The molecule has 0 unspecified atom stereocenters. The second-order valence-electron chi connectivity index (χ2n) is 11.1. The number of fused-ring (bicyclic) bond motifs is 1. The molecule has 0 radical (unpaired) electrons. The van der Waals surface area contributed by atoms with E-state index in [1.807, 2.05) is 17.1 Å². The summed E-state index contributed by atoms with van der Waals surface area (Å²) < 4.78 is 30.8. The maximum absolute atomic E-state index is 11.8. The van der Waals surface area contributed by atoms with Crippen LogP contribution in [0.4, 0.5) is 17.3 Å². The summed E-state index contributed by atoms with van der Waals surface area (Å²) in [4.78, 5) is 16.1. The van der Waals surface area contributed by atoms with Crippen LogP contribution in [-0.4, -0.2) is 71.0 Å². The van der Waals surface area contributed by atoms with Crippen molar-refractivity contribution in [1.82, 2.24) is 24.7 Å². The van der Waals surface area contributed by atoms with Crippen LogP contribution in [0, 0.1) is 5.92 Å². The lowest BCUT2D eigenvalue weighted by Crippen LogP contribution is -2.57. The topological polar surface area (TPSA) is 115 Å². The third-order valence-electron chi connectivity index (χ3n) is 7.80. The summed E-state index contributed by atoms with van der Waals surface area (Å²) in [6.07, 6.45) is 6.73. The van der Waals surface area contributed by atoms with Gasteiger partial charge in [0.05, 0.1) is 30.6 Å². The quantitative estimate of drug-likeness (QED) is 0.312. The summed E-state index contributed by atoms with van der Waals surface area (Å²) in [5.41, 5.74) is 2.95. The average Bonchev–Trinajstić information content (AvgIpc) is 3.24. The molecule has 4 aromatic rings. The van der Waals surface area contributed by atoms with E-state index in [1.54, 1.807) is 12.3 Å². The first-order chi connectivity index (χ1) is 19.1. The summed E-state index contributed by atoms with van der Waals surface area (Å²) in [7, 11) is -3.02. The smallest absolute Gasteiger partial charge is 0.166 e. The summed E-state index contributed by atoms with van der Waals surface area (Å²) in [6, 6.07) is 8.45. The predicted molar refractivity (Wildman–Crippen MR) is 157 cm³/mol. The van der Waals surface area contributed by atoms with Crippen molar-refractivity contribution in [3.8, 4) is 11.4 Å². The molecule has 5 heterocycles. The molecule has 2 aliphatic heterocycles. The highest BCUT2D eigenvalue weighted by Crippen LogP contribution is 2.39. The Balaban J connectivity index is 1.29. The SMILES string of the molecule is CC(C)c1ccc(N2C[C@H](CS(C)(=O)=O)[C@H]2C)c2cnc(Nc3ccnc(-c4cn(C5COC5)nc4Cl)n3)cc12. The van der Waals surface area contributed by atoms with Gasteiger partial charge in [0.2, 0.25) is 0 Å². The Kier molecular flexibility index (Phi) is 6.92. The van der Waals surface area contributed by atoms with Crippen LogP contribution in [0.1, 0.15) is 38.3 Å². The Bertz CT molecular complexity index is 1690. The molecular formula is C28H32ClN7O3S. The van der Waals surface area contributed by atoms with Gasteiger partial charge in [0, 0.05) is 54.4 Å². The van der Waals surface area contributed by atoms with Gasteiger partial charge in [-0.2, -0.15) is 5.10 Å². The lowest BCUT2D eigenvalue weighted by atomic mass is 9.88. The van der Waals surface area contributed by atoms with Crippen LogP contribution in [0.5, 0.6) is 0 Å². The molecule has 1 N–H and O–H groups in total. The molecule has 10 nitrogen and oxygen atoms in total. The molecule has 12 heteroatoms. The van der Waals surface area contributed by atoms with Crippen LogP contribution in [0.15, 0.2) is 42.9 Å². The molecule has 2 atom stereocenters. The average molecular weight is 582 g/mol. The molecule has 0 spiro atoms. The molecule has 0 saturated carbocycles. The number of sulfone groups is 1. The predicted octanol–water partition coefficient (Wildman–Crippen LogP) is 4.85. The standard InChI is InChI=1S/C28H32ClN7O3S/c1-16(2)20-5-6-24(35-11-18(17(35)3)15-40(4,37)38)22-10-31-26(9-21(20)22)32-25-7-8-30-28(33-25)23-12-36(34-27(23)29)19-13-39-14-19/h5-10,12,16-19H,11,13-15H2,1-4H3,(H,30,31,32,33)/t17-,18-/m1/s1. The van der Waals surface area contributed by atoms with Gasteiger partial charge in [-0.3, -0.25) is 4.68 Å². The summed E-state index contributed by atoms with van der Waals surface area (Å²) >= 11 is 6.42. The van der Waals surface area contributed by atoms with E-state index in [1.165, 1.54) is 11.8 Å². The number of anilines is 3. The van der Waals surface area contributed by atoms with Gasteiger partial charge in [0.15, 0.2) is 11.0 Å². The van der Waals surface area contributed by atoms with E-state index in [0.29, 0.717) is 53.9 Å². The molecule has 2 aliphatic rings. The lowest BCUT2D eigenvalue weighted by Gasteiger charge is -2.48. The van der Waals surface area contributed by atoms with E-state index < -0.39 is 9.84 Å². The van der Waals surface area contributed by atoms with Crippen molar-refractivity contribution >= 4 is 49.5 Å². The minimum absolute atomic E-state index is 0.123. The molecule has 0 amide bonds. The molecule has 2 saturated heterocycles. The maximum Gasteiger partial charge on any atom is 0.166 e. The van der Waals surface area contributed by atoms with Crippen molar-refractivity contribution in [3.63, 3.8) is 0 Å². The Labute approximate surface area is 238 Å². The summed E-state index contributed by atoms with van der Waals surface area (Å²) in [5, 5.41) is 10.2. The fourth-order valence-electron chi connectivity index (χ4n) is 5.43. The fourth-order valence-corrected chi connectivity index (χ4v) is 6.81. The van der Waals surface area contributed by atoms with Crippen LogP contribution >= 0.6 is 11.6 Å². The molecule has 210 valence electrons. The number of benzene rings is 1. The summed E-state index contributed by atoms with van der Waals surface area (Å²) in [5.74, 6) is 2.37. The van der Waals surface area contributed by atoms with Crippen molar-refractivity contribution in [1.29, 1.82) is 0 Å². The lowest BCUT2D eigenvalue weighted by molar-refractivity contribution is -0.0286. The van der Waals surface area contributed by atoms with Gasteiger partial charge >= 0.3 is 0 Å². The van der Waals surface area contributed by atoms with Gasteiger partial charge < -0.3 is 15.0 Å². The third-order valence-corrected chi connectivity index (χ3v) is 9.11. The first kappa shape index (κ1) is 26.9. The molecule has 0 aliphatic carbocycles. The normalized spacial score (nSPS) is 19.6. The van der Waals surface area contributed by atoms with Crippen molar-refractivity contribution in [3.05, 3.63) is 53.6 Å². The van der Waals surface area contributed by atoms with E-state index in [0.717, 1.165) is 16.5 Å². The Morgan fingerprint density at radius 1 is 1.15 bits per heavy atom. The zero-order valence-electron chi connectivity index (χ0n) is 22.9. The minimum Gasteiger partial charge on any atom is -0.377 e. The van der Waals surface area contributed by atoms with Crippen LogP contribution in [0.2, 0.25) is 5.15 Å². The Hall–Kier alpha value is -3.28. The fraction of sp³-hybridized carbons (Fsp3) is 0.429. The Morgan fingerprint density at radius 2 is 1.95 bits per heavy atom. The van der Waals surface area contributed by atoms with Crippen LogP contribution in [0.25, 0.3) is 22.2 Å². The molecule has 3 aromatic heterocycles. The van der Waals surface area contributed by atoms with Gasteiger partial charge in [-0.05, 0) is 42.0 Å². The van der Waals surface area contributed by atoms with Crippen molar-refractivity contribution in [2.75, 3.05) is 42.0 Å². The van der Waals surface area contributed by atoms with Gasteiger partial charge in [-0.25, -0.2) is 23.4 Å². The third kappa shape index (κ3) is 5.13. The highest BCUT2D eigenvalue weighted by molar-refractivity contribution is 7.90. The highest BCUT2D eigenvalue weighted by Gasteiger charge is 2.38.